The Balaban J connectivity index is 1.74. The lowest BCUT2D eigenvalue weighted by Crippen LogP contribution is -2.42. The first-order valence-electron chi connectivity index (χ1n) is 5.97. The van der Waals surface area contributed by atoms with Crippen LogP contribution in [0.5, 0.6) is 0 Å². The summed E-state index contributed by atoms with van der Waals surface area (Å²) in [6.45, 7) is 0. The number of allylic oxidation sites excluding steroid dienone is 3. The molecule has 0 aromatic carbocycles. The molecule has 2 atom stereocenters. The van der Waals surface area contributed by atoms with Crippen molar-refractivity contribution in [2.75, 3.05) is 0 Å². The maximum Gasteiger partial charge on any atom is 0.338 e. The summed E-state index contributed by atoms with van der Waals surface area (Å²) in [6, 6.07) is -0.372. The Kier molecular flexibility index (Phi) is 1.68. The van der Waals surface area contributed by atoms with Gasteiger partial charge in [-0.15, -0.1) is 0 Å². The zero-order valence-electron chi connectivity index (χ0n) is 9.24. The molecule has 3 aliphatic heterocycles. The predicted molar refractivity (Wildman–Crippen MR) is 62.0 cm³/mol. The van der Waals surface area contributed by atoms with Crippen molar-refractivity contribution in [2.45, 2.75) is 24.9 Å². The molecule has 1 aliphatic carbocycles. The summed E-state index contributed by atoms with van der Waals surface area (Å²) in [5.74, 6) is 1.97. The van der Waals surface area contributed by atoms with E-state index in [1.807, 2.05) is 29.3 Å². The highest BCUT2D eigenvalue weighted by atomic mass is 16.5. The van der Waals surface area contributed by atoms with Crippen molar-refractivity contribution in [1.82, 2.24) is 4.90 Å². The summed E-state index contributed by atoms with van der Waals surface area (Å²) in [6.07, 6.45) is 12.2. The molecule has 0 aromatic rings. The third kappa shape index (κ3) is 1.30. The first-order valence-corrected chi connectivity index (χ1v) is 5.97. The van der Waals surface area contributed by atoms with Gasteiger partial charge in [-0.25, -0.2) is 4.79 Å². The van der Waals surface area contributed by atoms with Crippen molar-refractivity contribution in [3.8, 4) is 0 Å². The van der Waals surface area contributed by atoms with Crippen molar-refractivity contribution in [2.24, 2.45) is 10.9 Å². The molecule has 4 aliphatic rings. The lowest BCUT2D eigenvalue weighted by Gasteiger charge is -2.28. The van der Waals surface area contributed by atoms with E-state index in [0.29, 0.717) is 5.92 Å². The smallest absolute Gasteiger partial charge is 0.338 e. The summed E-state index contributed by atoms with van der Waals surface area (Å²) >= 11 is 0. The Morgan fingerprint density at radius 1 is 1.35 bits per heavy atom. The fourth-order valence-corrected chi connectivity index (χ4v) is 2.51. The van der Waals surface area contributed by atoms with Gasteiger partial charge in [0.05, 0.1) is 6.04 Å². The lowest BCUT2D eigenvalue weighted by molar-refractivity contribution is -0.143. The maximum atomic E-state index is 11.9. The molecule has 0 bridgehead atoms. The molecule has 0 N–H and O–H groups in total. The topological polar surface area (TPSA) is 41.9 Å². The number of aliphatic imine (C=N–C) groups is 1. The minimum Gasteiger partial charge on any atom is -0.429 e. The summed E-state index contributed by atoms with van der Waals surface area (Å²) in [4.78, 5) is 18.4. The average Bonchev–Trinajstić information content (AvgIpc) is 3.11. The number of nitrogens with zero attached hydrogens (tertiary/aromatic N) is 2. The van der Waals surface area contributed by atoms with E-state index in [9.17, 15) is 4.79 Å². The normalized spacial score (nSPS) is 33.9. The van der Waals surface area contributed by atoms with E-state index in [0.717, 1.165) is 24.4 Å². The summed E-state index contributed by atoms with van der Waals surface area (Å²) < 4.78 is 5.37. The van der Waals surface area contributed by atoms with Crippen LogP contribution in [0.25, 0.3) is 0 Å². The Morgan fingerprint density at radius 3 is 3.06 bits per heavy atom. The SMILES string of the molecule is O=C1OC(C2CC2)=CC2C1N=C1C=CC=CN12. The highest BCUT2D eigenvalue weighted by Crippen LogP contribution is 2.40. The Hall–Kier alpha value is -1.84. The quantitative estimate of drug-likeness (QED) is 0.636. The van der Waals surface area contributed by atoms with Crippen molar-refractivity contribution < 1.29 is 9.53 Å². The van der Waals surface area contributed by atoms with Crippen LogP contribution in [0.15, 0.2) is 41.3 Å². The third-order valence-electron chi connectivity index (χ3n) is 3.56. The number of hydrogen-bond donors (Lipinski definition) is 0. The Labute approximate surface area is 99.0 Å². The van der Waals surface area contributed by atoms with Crippen LogP contribution in [0.3, 0.4) is 0 Å². The van der Waals surface area contributed by atoms with Gasteiger partial charge in [0.1, 0.15) is 11.6 Å². The van der Waals surface area contributed by atoms with Crippen LogP contribution in [0.4, 0.5) is 0 Å². The molecule has 0 aromatic heterocycles. The number of rotatable bonds is 1. The van der Waals surface area contributed by atoms with Crippen molar-refractivity contribution in [1.29, 1.82) is 0 Å². The standard InChI is InChI=1S/C13H12N2O2/c16-13-12-9(7-10(17-13)8-4-5-8)15-6-2-1-3-11(15)14-12/h1-3,6-9,12H,4-5H2. The minimum atomic E-state index is -0.389. The zero-order valence-corrected chi connectivity index (χ0v) is 9.24. The van der Waals surface area contributed by atoms with Crippen LogP contribution in [-0.2, 0) is 9.53 Å². The van der Waals surface area contributed by atoms with E-state index in [4.69, 9.17) is 4.74 Å². The highest BCUT2D eigenvalue weighted by molar-refractivity contribution is 6.00. The number of carbonyl (C=O) groups excluding carboxylic acids is 1. The van der Waals surface area contributed by atoms with E-state index in [2.05, 4.69) is 11.1 Å². The van der Waals surface area contributed by atoms with Gasteiger partial charge in [-0.1, -0.05) is 6.08 Å². The van der Waals surface area contributed by atoms with Crippen LogP contribution in [0.1, 0.15) is 12.8 Å². The second-order valence-electron chi connectivity index (χ2n) is 4.80. The number of hydrogen-bond acceptors (Lipinski definition) is 4. The van der Waals surface area contributed by atoms with Crippen LogP contribution in [0, 0.1) is 5.92 Å². The van der Waals surface area contributed by atoms with Crippen molar-refractivity contribution in [3.05, 3.63) is 36.3 Å². The van der Waals surface area contributed by atoms with Gasteiger partial charge in [0.2, 0.25) is 0 Å². The minimum absolute atomic E-state index is 0.0167. The number of esters is 1. The summed E-state index contributed by atoms with van der Waals surface area (Å²) in [5.41, 5.74) is 0. The van der Waals surface area contributed by atoms with Crippen LogP contribution >= 0.6 is 0 Å². The zero-order chi connectivity index (χ0) is 11.4. The van der Waals surface area contributed by atoms with E-state index in [1.54, 1.807) is 0 Å². The second-order valence-corrected chi connectivity index (χ2v) is 4.80. The molecule has 1 saturated carbocycles. The number of fused-ring (bicyclic) bond motifs is 3. The van der Waals surface area contributed by atoms with Gasteiger partial charge in [-0.05, 0) is 31.1 Å². The molecule has 4 heteroatoms. The molecule has 0 spiro atoms. The molecule has 17 heavy (non-hydrogen) atoms. The highest BCUT2D eigenvalue weighted by Gasteiger charge is 2.45. The van der Waals surface area contributed by atoms with E-state index < -0.39 is 0 Å². The fraction of sp³-hybridized carbons (Fsp3) is 0.385. The van der Waals surface area contributed by atoms with Crippen LogP contribution in [0.2, 0.25) is 0 Å². The molecular formula is C13H12N2O2. The summed E-state index contributed by atoms with van der Waals surface area (Å²) in [7, 11) is 0. The molecule has 2 unspecified atom stereocenters. The van der Waals surface area contributed by atoms with Crippen LogP contribution in [-0.4, -0.2) is 28.8 Å². The van der Waals surface area contributed by atoms with Gasteiger partial charge in [-0.3, -0.25) is 4.99 Å². The van der Waals surface area contributed by atoms with E-state index >= 15 is 0 Å². The fourth-order valence-electron chi connectivity index (χ4n) is 2.51. The number of cyclic esters (lactones) is 1. The van der Waals surface area contributed by atoms with Gasteiger partial charge in [-0.2, -0.15) is 0 Å². The Bertz CT molecular complexity index is 512. The van der Waals surface area contributed by atoms with Gasteiger partial charge < -0.3 is 9.64 Å². The third-order valence-corrected chi connectivity index (χ3v) is 3.56. The van der Waals surface area contributed by atoms with Gasteiger partial charge in [0.25, 0.3) is 0 Å². The largest absolute Gasteiger partial charge is 0.429 e. The second kappa shape index (κ2) is 3.09. The predicted octanol–water partition coefficient (Wildman–Crippen LogP) is 1.37. The first kappa shape index (κ1) is 9.22. The number of ether oxygens (including phenoxy) is 1. The van der Waals surface area contributed by atoms with Gasteiger partial charge in [0, 0.05) is 12.1 Å². The lowest BCUT2D eigenvalue weighted by atomic mass is 10.0. The van der Waals surface area contributed by atoms with Crippen LogP contribution < -0.4 is 0 Å². The van der Waals surface area contributed by atoms with Crippen molar-refractivity contribution >= 4 is 11.8 Å². The van der Waals surface area contributed by atoms with E-state index in [1.165, 1.54) is 0 Å². The maximum absolute atomic E-state index is 11.9. The number of carbonyl (C=O) groups is 1. The monoisotopic (exact) mass is 228 g/mol. The molecule has 86 valence electrons. The molecule has 4 nitrogen and oxygen atoms in total. The average molecular weight is 228 g/mol. The summed E-state index contributed by atoms with van der Waals surface area (Å²) in [5, 5.41) is 0. The van der Waals surface area contributed by atoms with Crippen molar-refractivity contribution in [3.63, 3.8) is 0 Å². The molecular weight excluding hydrogens is 216 g/mol. The molecule has 0 saturated heterocycles. The first-order chi connectivity index (χ1) is 8.33. The molecule has 1 fully saturated rings. The van der Waals surface area contributed by atoms with Gasteiger partial charge >= 0.3 is 5.97 Å². The molecule has 0 radical (unpaired) electrons. The molecule has 4 rings (SSSR count). The molecule has 3 heterocycles. The number of amidine groups is 1. The Morgan fingerprint density at radius 2 is 2.24 bits per heavy atom. The van der Waals surface area contributed by atoms with Gasteiger partial charge in [0.15, 0.2) is 6.04 Å². The van der Waals surface area contributed by atoms with E-state index in [-0.39, 0.29) is 18.1 Å². The molecule has 0 amide bonds.